The van der Waals surface area contributed by atoms with Crippen molar-refractivity contribution in [3.63, 3.8) is 0 Å². The Hall–Kier alpha value is -0.530. The molecule has 0 aromatic heterocycles. The number of nitrogens with two attached hydrogens (primary N) is 1. The predicted octanol–water partition coefficient (Wildman–Crippen LogP) is 2.36. The van der Waals surface area contributed by atoms with E-state index in [-0.39, 0.29) is 33.7 Å². The highest BCUT2D eigenvalue weighted by Gasteiger charge is 2.31. The van der Waals surface area contributed by atoms with Crippen LogP contribution in [0.25, 0.3) is 0 Å². The van der Waals surface area contributed by atoms with Gasteiger partial charge in [-0.05, 0) is 26.0 Å². The van der Waals surface area contributed by atoms with Gasteiger partial charge in [-0.25, -0.2) is 8.42 Å². The first-order valence-corrected chi connectivity index (χ1v) is 8.15. The van der Waals surface area contributed by atoms with E-state index < -0.39 is 15.6 Å². The third-order valence-electron chi connectivity index (χ3n) is 2.53. The van der Waals surface area contributed by atoms with Crippen molar-refractivity contribution < 1.29 is 13.5 Å². The molecular formula is C12H18Cl2N2O3S. The number of hydrogen-bond donors (Lipinski definition) is 2. The largest absolute Gasteiger partial charge is 0.399 e. The number of aliphatic hydroxyl groups is 1. The van der Waals surface area contributed by atoms with E-state index in [0.29, 0.717) is 0 Å². The number of likely N-dealkylation sites (N-methyl/N-ethyl adjacent to an activating group) is 1. The average Bonchev–Trinajstić information content (AvgIpc) is 2.22. The Kier molecular flexibility index (Phi) is 5.32. The molecule has 0 amide bonds. The Bertz CT molecular complexity index is 574. The number of halogens is 2. The lowest BCUT2D eigenvalue weighted by Gasteiger charge is -2.28. The summed E-state index contributed by atoms with van der Waals surface area (Å²) in [7, 11) is -3.91. The molecule has 1 aromatic rings. The van der Waals surface area contributed by atoms with Crippen molar-refractivity contribution in [3.8, 4) is 0 Å². The number of benzene rings is 1. The van der Waals surface area contributed by atoms with Crippen LogP contribution in [0.5, 0.6) is 0 Å². The van der Waals surface area contributed by atoms with E-state index in [9.17, 15) is 13.5 Å². The summed E-state index contributed by atoms with van der Waals surface area (Å²) in [6.45, 7) is 4.84. The third kappa shape index (κ3) is 3.99. The Morgan fingerprint density at radius 3 is 2.10 bits per heavy atom. The second kappa shape index (κ2) is 6.07. The molecule has 0 fully saturated rings. The standard InChI is InChI=1S/C12H18Cl2N2O3S/c1-4-16(7-12(2,3)17)20(18,19)11-9(13)5-8(15)6-10(11)14/h5-6,17H,4,7,15H2,1-3H3. The fourth-order valence-electron chi connectivity index (χ4n) is 1.75. The van der Waals surface area contributed by atoms with Crippen LogP contribution < -0.4 is 5.73 Å². The maximum Gasteiger partial charge on any atom is 0.246 e. The van der Waals surface area contributed by atoms with E-state index in [1.165, 1.54) is 26.0 Å². The Morgan fingerprint density at radius 2 is 1.75 bits per heavy atom. The molecule has 1 aromatic carbocycles. The van der Waals surface area contributed by atoms with Gasteiger partial charge in [-0.2, -0.15) is 4.31 Å². The lowest BCUT2D eigenvalue weighted by Crippen LogP contribution is -2.42. The van der Waals surface area contributed by atoms with Crippen LogP contribution in [0.1, 0.15) is 20.8 Å². The van der Waals surface area contributed by atoms with E-state index >= 15 is 0 Å². The first-order valence-electron chi connectivity index (χ1n) is 5.96. The van der Waals surface area contributed by atoms with E-state index in [4.69, 9.17) is 28.9 Å². The lowest BCUT2D eigenvalue weighted by atomic mass is 10.1. The Labute approximate surface area is 129 Å². The molecule has 0 atom stereocenters. The second-order valence-electron chi connectivity index (χ2n) is 5.06. The lowest BCUT2D eigenvalue weighted by molar-refractivity contribution is 0.0601. The summed E-state index contributed by atoms with van der Waals surface area (Å²) >= 11 is 11.9. The number of nitrogen functional groups attached to an aromatic ring is 1. The summed E-state index contributed by atoms with van der Waals surface area (Å²) < 4.78 is 26.3. The Morgan fingerprint density at radius 1 is 1.30 bits per heavy atom. The van der Waals surface area contributed by atoms with Crippen molar-refractivity contribution in [2.75, 3.05) is 18.8 Å². The van der Waals surface area contributed by atoms with Crippen LogP contribution in [0.15, 0.2) is 17.0 Å². The molecule has 5 nitrogen and oxygen atoms in total. The summed E-state index contributed by atoms with van der Waals surface area (Å²) in [6, 6.07) is 2.66. The van der Waals surface area contributed by atoms with Crippen molar-refractivity contribution in [3.05, 3.63) is 22.2 Å². The number of rotatable bonds is 5. The zero-order valence-electron chi connectivity index (χ0n) is 11.5. The highest BCUT2D eigenvalue weighted by molar-refractivity contribution is 7.89. The van der Waals surface area contributed by atoms with Gasteiger partial charge in [0.1, 0.15) is 4.90 Å². The zero-order chi connectivity index (χ0) is 15.7. The second-order valence-corrected chi connectivity index (χ2v) is 7.75. The van der Waals surface area contributed by atoms with Gasteiger partial charge in [0.2, 0.25) is 10.0 Å². The van der Waals surface area contributed by atoms with Crippen LogP contribution in [-0.2, 0) is 10.0 Å². The molecule has 0 aliphatic rings. The minimum absolute atomic E-state index is 0.0378. The predicted molar refractivity (Wildman–Crippen MR) is 81.6 cm³/mol. The quantitative estimate of drug-likeness (QED) is 0.806. The van der Waals surface area contributed by atoms with Crippen LogP contribution >= 0.6 is 23.2 Å². The molecule has 20 heavy (non-hydrogen) atoms. The minimum atomic E-state index is -3.91. The maximum absolute atomic E-state index is 12.6. The molecule has 1 rings (SSSR count). The number of hydrogen-bond acceptors (Lipinski definition) is 4. The van der Waals surface area contributed by atoms with E-state index in [1.54, 1.807) is 6.92 Å². The first-order chi connectivity index (χ1) is 8.99. The van der Waals surface area contributed by atoms with Crippen LogP contribution in [0.4, 0.5) is 5.69 Å². The van der Waals surface area contributed by atoms with Crippen molar-refractivity contribution in [1.82, 2.24) is 4.31 Å². The molecule has 0 unspecified atom stereocenters. The smallest absolute Gasteiger partial charge is 0.246 e. The van der Waals surface area contributed by atoms with Gasteiger partial charge in [0, 0.05) is 18.8 Å². The molecule has 0 spiro atoms. The number of sulfonamides is 1. The fraction of sp³-hybridized carbons (Fsp3) is 0.500. The molecule has 3 N–H and O–H groups in total. The van der Waals surface area contributed by atoms with E-state index in [0.717, 1.165) is 4.31 Å². The van der Waals surface area contributed by atoms with Gasteiger partial charge >= 0.3 is 0 Å². The topological polar surface area (TPSA) is 83.6 Å². The van der Waals surface area contributed by atoms with Gasteiger partial charge in [0.15, 0.2) is 0 Å². The van der Waals surface area contributed by atoms with Crippen LogP contribution in [-0.4, -0.2) is 36.5 Å². The normalized spacial score (nSPS) is 12.9. The van der Waals surface area contributed by atoms with Crippen LogP contribution in [0.2, 0.25) is 10.0 Å². The minimum Gasteiger partial charge on any atom is -0.399 e. The molecule has 0 aliphatic carbocycles. The summed E-state index contributed by atoms with van der Waals surface area (Å²) in [5.74, 6) is 0. The summed E-state index contributed by atoms with van der Waals surface area (Å²) in [4.78, 5) is -0.193. The number of anilines is 1. The molecule has 0 heterocycles. The summed E-state index contributed by atoms with van der Waals surface area (Å²) in [5, 5.41) is 9.74. The zero-order valence-corrected chi connectivity index (χ0v) is 13.8. The van der Waals surface area contributed by atoms with E-state index in [1.807, 2.05) is 0 Å². The molecule has 0 bridgehead atoms. The monoisotopic (exact) mass is 340 g/mol. The van der Waals surface area contributed by atoms with E-state index in [2.05, 4.69) is 0 Å². The molecule has 0 aliphatic heterocycles. The van der Waals surface area contributed by atoms with Gasteiger partial charge < -0.3 is 10.8 Å². The highest BCUT2D eigenvalue weighted by Crippen LogP contribution is 2.34. The SMILES string of the molecule is CCN(CC(C)(C)O)S(=O)(=O)c1c(Cl)cc(N)cc1Cl. The van der Waals surface area contributed by atoms with Crippen molar-refractivity contribution in [2.45, 2.75) is 31.3 Å². The van der Waals surface area contributed by atoms with Crippen LogP contribution in [0.3, 0.4) is 0 Å². The van der Waals surface area contributed by atoms with Gasteiger partial charge in [0.05, 0.1) is 15.6 Å². The first kappa shape index (κ1) is 17.5. The maximum atomic E-state index is 12.6. The van der Waals surface area contributed by atoms with Crippen molar-refractivity contribution >= 4 is 38.9 Å². The van der Waals surface area contributed by atoms with Crippen molar-refractivity contribution in [1.29, 1.82) is 0 Å². The van der Waals surface area contributed by atoms with Gasteiger partial charge in [0.25, 0.3) is 0 Å². The summed E-state index contributed by atoms with van der Waals surface area (Å²) in [5.41, 5.74) is 4.68. The number of nitrogens with zero attached hydrogens (tertiary/aromatic N) is 1. The average molecular weight is 341 g/mol. The molecule has 0 radical (unpaired) electrons. The van der Waals surface area contributed by atoms with Gasteiger partial charge in [-0.15, -0.1) is 0 Å². The van der Waals surface area contributed by atoms with Crippen LogP contribution in [0, 0.1) is 0 Å². The summed E-state index contributed by atoms with van der Waals surface area (Å²) in [6.07, 6.45) is 0. The Balaban J connectivity index is 3.35. The van der Waals surface area contributed by atoms with Gasteiger partial charge in [-0.1, -0.05) is 30.1 Å². The highest BCUT2D eigenvalue weighted by atomic mass is 35.5. The molecule has 0 saturated heterocycles. The van der Waals surface area contributed by atoms with Gasteiger partial charge in [-0.3, -0.25) is 0 Å². The molecular weight excluding hydrogens is 323 g/mol. The van der Waals surface area contributed by atoms with Crippen molar-refractivity contribution in [2.24, 2.45) is 0 Å². The third-order valence-corrected chi connectivity index (χ3v) is 5.38. The fourth-order valence-corrected chi connectivity index (χ4v) is 4.54. The molecule has 114 valence electrons. The molecule has 0 saturated carbocycles. The molecule has 8 heteroatoms.